The predicted octanol–water partition coefficient (Wildman–Crippen LogP) is 3.05. The van der Waals surface area contributed by atoms with Crippen molar-refractivity contribution >= 4 is 21.9 Å². The van der Waals surface area contributed by atoms with Gasteiger partial charge in [-0.05, 0) is 64.7 Å². The van der Waals surface area contributed by atoms with Gasteiger partial charge in [-0.1, -0.05) is 6.07 Å². The average molecular weight is 299 g/mol. The van der Waals surface area contributed by atoms with Crippen molar-refractivity contribution in [2.75, 3.05) is 0 Å². The number of halogens is 1. The number of hydrogen-bond donors (Lipinski definition) is 2. The number of aliphatic carboxylic acids is 1. The third-order valence-electron chi connectivity index (χ3n) is 3.22. The van der Waals surface area contributed by atoms with E-state index in [1.54, 1.807) is 0 Å². The van der Waals surface area contributed by atoms with Crippen molar-refractivity contribution in [3.8, 4) is 5.75 Å². The standard InChI is InChI=1S/C13H15BrO3/c14-12-10-5-1-3-8(10)7-9(13(12)17)4-2-6-11(15)16/h7,17H,1-6H2,(H,15,16). The maximum absolute atomic E-state index is 10.5. The van der Waals surface area contributed by atoms with Gasteiger partial charge in [0.15, 0.2) is 0 Å². The molecule has 1 aromatic rings. The summed E-state index contributed by atoms with van der Waals surface area (Å²) in [6.45, 7) is 0. The van der Waals surface area contributed by atoms with Gasteiger partial charge in [0, 0.05) is 6.42 Å². The van der Waals surface area contributed by atoms with Gasteiger partial charge in [-0.3, -0.25) is 4.79 Å². The highest BCUT2D eigenvalue weighted by Crippen LogP contribution is 2.38. The van der Waals surface area contributed by atoms with Crippen molar-refractivity contribution in [2.45, 2.75) is 38.5 Å². The number of phenols is 1. The van der Waals surface area contributed by atoms with Gasteiger partial charge < -0.3 is 10.2 Å². The monoisotopic (exact) mass is 298 g/mol. The summed E-state index contributed by atoms with van der Waals surface area (Å²) in [5.41, 5.74) is 3.36. The van der Waals surface area contributed by atoms with E-state index in [0.717, 1.165) is 29.3 Å². The predicted molar refractivity (Wildman–Crippen MR) is 68.4 cm³/mol. The Bertz CT molecular complexity index is 454. The first-order valence-electron chi connectivity index (χ1n) is 5.83. The summed E-state index contributed by atoms with van der Waals surface area (Å²) in [6, 6.07) is 2.03. The molecule has 17 heavy (non-hydrogen) atoms. The molecule has 3 nitrogen and oxygen atoms in total. The van der Waals surface area contributed by atoms with Crippen LogP contribution < -0.4 is 0 Å². The smallest absolute Gasteiger partial charge is 0.303 e. The summed E-state index contributed by atoms with van der Waals surface area (Å²) in [7, 11) is 0. The average Bonchev–Trinajstić information content (AvgIpc) is 2.72. The number of fused-ring (bicyclic) bond motifs is 1. The molecule has 0 bridgehead atoms. The van der Waals surface area contributed by atoms with Crippen LogP contribution in [0.2, 0.25) is 0 Å². The Morgan fingerprint density at radius 1 is 1.41 bits per heavy atom. The first-order valence-corrected chi connectivity index (χ1v) is 6.62. The molecule has 0 saturated carbocycles. The molecule has 1 aliphatic rings. The topological polar surface area (TPSA) is 57.5 Å². The molecule has 1 aromatic carbocycles. The van der Waals surface area contributed by atoms with Crippen LogP contribution in [0.1, 0.15) is 36.0 Å². The number of carboxylic acids is 1. The number of aryl methyl sites for hydroxylation is 2. The number of aromatic hydroxyl groups is 1. The molecule has 4 heteroatoms. The number of hydrogen-bond acceptors (Lipinski definition) is 2. The quantitative estimate of drug-likeness (QED) is 0.898. The van der Waals surface area contributed by atoms with E-state index < -0.39 is 5.97 Å². The number of carboxylic acid groups (broad SMARTS) is 1. The molecular formula is C13H15BrO3. The van der Waals surface area contributed by atoms with E-state index >= 15 is 0 Å². The van der Waals surface area contributed by atoms with Gasteiger partial charge in [0.1, 0.15) is 5.75 Å². The van der Waals surface area contributed by atoms with E-state index in [2.05, 4.69) is 15.9 Å². The zero-order chi connectivity index (χ0) is 12.4. The van der Waals surface area contributed by atoms with Crippen LogP contribution in [0.25, 0.3) is 0 Å². The fourth-order valence-corrected chi connectivity index (χ4v) is 3.07. The first kappa shape index (κ1) is 12.4. The summed E-state index contributed by atoms with van der Waals surface area (Å²) in [5, 5.41) is 18.6. The van der Waals surface area contributed by atoms with Crippen LogP contribution in [-0.4, -0.2) is 16.2 Å². The third-order valence-corrected chi connectivity index (χ3v) is 4.08. The van der Waals surface area contributed by atoms with Crippen LogP contribution in [0.4, 0.5) is 0 Å². The molecular weight excluding hydrogens is 284 g/mol. The minimum atomic E-state index is -0.787. The molecule has 0 saturated heterocycles. The van der Waals surface area contributed by atoms with Crippen LogP contribution in [0, 0.1) is 0 Å². The molecule has 92 valence electrons. The van der Waals surface area contributed by atoms with Crippen molar-refractivity contribution in [3.05, 3.63) is 27.2 Å². The van der Waals surface area contributed by atoms with Gasteiger partial charge in [-0.2, -0.15) is 0 Å². The van der Waals surface area contributed by atoms with Crippen molar-refractivity contribution in [2.24, 2.45) is 0 Å². The van der Waals surface area contributed by atoms with Crippen molar-refractivity contribution in [1.82, 2.24) is 0 Å². The number of carbonyl (C=O) groups is 1. The van der Waals surface area contributed by atoms with Crippen molar-refractivity contribution in [1.29, 1.82) is 0 Å². The van der Waals surface area contributed by atoms with Crippen LogP contribution in [0.3, 0.4) is 0 Å². The maximum Gasteiger partial charge on any atom is 0.303 e. The van der Waals surface area contributed by atoms with E-state index in [1.807, 2.05) is 6.07 Å². The van der Waals surface area contributed by atoms with Gasteiger partial charge in [-0.25, -0.2) is 0 Å². The molecule has 2 rings (SSSR count). The zero-order valence-electron chi connectivity index (χ0n) is 9.50. The van der Waals surface area contributed by atoms with Crippen LogP contribution in [0.15, 0.2) is 10.5 Å². The number of benzene rings is 1. The van der Waals surface area contributed by atoms with E-state index in [4.69, 9.17) is 5.11 Å². The van der Waals surface area contributed by atoms with E-state index in [0.29, 0.717) is 12.8 Å². The normalized spacial score (nSPS) is 13.7. The zero-order valence-corrected chi connectivity index (χ0v) is 11.1. The molecule has 2 N–H and O–H groups in total. The van der Waals surface area contributed by atoms with Gasteiger partial charge in [0.25, 0.3) is 0 Å². The van der Waals surface area contributed by atoms with Crippen LogP contribution in [0.5, 0.6) is 5.75 Å². The summed E-state index contributed by atoms with van der Waals surface area (Å²) in [6.07, 6.45) is 4.53. The van der Waals surface area contributed by atoms with Gasteiger partial charge in [0.05, 0.1) is 4.47 Å². The Kier molecular flexibility index (Phi) is 3.72. The minimum Gasteiger partial charge on any atom is -0.506 e. The second kappa shape index (κ2) is 5.08. The Morgan fingerprint density at radius 2 is 2.18 bits per heavy atom. The molecule has 0 unspecified atom stereocenters. The van der Waals surface area contributed by atoms with E-state index in [-0.39, 0.29) is 12.2 Å². The lowest BCUT2D eigenvalue weighted by molar-refractivity contribution is -0.137. The van der Waals surface area contributed by atoms with Crippen molar-refractivity contribution in [3.63, 3.8) is 0 Å². The van der Waals surface area contributed by atoms with Crippen molar-refractivity contribution < 1.29 is 15.0 Å². The Hall–Kier alpha value is -1.03. The Labute approximate surface area is 109 Å². The van der Waals surface area contributed by atoms with Gasteiger partial charge in [-0.15, -0.1) is 0 Å². The summed E-state index contributed by atoms with van der Waals surface area (Å²) in [4.78, 5) is 10.5. The highest BCUT2D eigenvalue weighted by atomic mass is 79.9. The highest BCUT2D eigenvalue weighted by molar-refractivity contribution is 9.10. The SMILES string of the molecule is O=C(O)CCCc1cc2c(c(Br)c1O)CCC2. The number of phenolic OH excluding ortho intramolecular Hbond substituents is 1. The second-order valence-corrected chi connectivity index (χ2v) is 5.23. The van der Waals surface area contributed by atoms with E-state index in [1.165, 1.54) is 11.1 Å². The molecule has 0 fully saturated rings. The largest absolute Gasteiger partial charge is 0.506 e. The Balaban J connectivity index is 2.17. The second-order valence-electron chi connectivity index (χ2n) is 4.44. The van der Waals surface area contributed by atoms with Crippen LogP contribution >= 0.6 is 15.9 Å². The molecule has 1 aliphatic carbocycles. The molecule has 0 radical (unpaired) electrons. The fraction of sp³-hybridized carbons (Fsp3) is 0.462. The summed E-state index contributed by atoms with van der Waals surface area (Å²) in [5.74, 6) is -0.499. The Morgan fingerprint density at radius 3 is 2.88 bits per heavy atom. The summed E-state index contributed by atoms with van der Waals surface area (Å²) < 4.78 is 0.804. The first-order chi connectivity index (χ1) is 8.09. The van der Waals surface area contributed by atoms with Crippen LogP contribution in [-0.2, 0) is 24.1 Å². The molecule has 0 atom stereocenters. The molecule has 0 heterocycles. The lowest BCUT2D eigenvalue weighted by Crippen LogP contribution is -1.97. The lowest BCUT2D eigenvalue weighted by Gasteiger charge is -2.11. The van der Waals surface area contributed by atoms with Gasteiger partial charge >= 0.3 is 5.97 Å². The lowest BCUT2D eigenvalue weighted by atomic mass is 10.0. The maximum atomic E-state index is 10.5. The minimum absolute atomic E-state index is 0.147. The van der Waals surface area contributed by atoms with Gasteiger partial charge in [0.2, 0.25) is 0 Å². The third kappa shape index (κ3) is 2.63. The van der Waals surface area contributed by atoms with E-state index in [9.17, 15) is 9.90 Å². The highest BCUT2D eigenvalue weighted by Gasteiger charge is 2.19. The molecule has 0 spiro atoms. The molecule has 0 aromatic heterocycles. The number of rotatable bonds is 4. The molecule has 0 aliphatic heterocycles. The fourth-order valence-electron chi connectivity index (χ4n) is 2.36. The summed E-state index contributed by atoms with van der Waals surface area (Å²) >= 11 is 3.44. The molecule has 0 amide bonds.